The van der Waals surface area contributed by atoms with Crippen LogP contribution in [0.2, 0.25) is 0 Å². The van der Waals surface area contributed by atoms with Gasteiger partial charge in [-0.25, -0.2) is 9.88 Å². The zero-order chi connectivity index (χ0) is 13.7. The van der Waals surface area contributed by atoms with Crippen molar-refractivity contribution < 1.29 is 14.4 Å². The molecule has 1 saturated heterocycles. The average Bonchev–Trinajstić information content (AvgIpc) is 2.99. The normalized spacial score (nSPS) is 30.0. The first-order valence-corrected chi connectivity index (χ1v) is 7.21. The molecule has 2 fully saturated rings. The number of thiazole rings is 1. The van der Waals surface area contributed by atoms with Gasteiger partial charge in [0.25, 0.3) is 0 Å². The molecule has 1 aromatic rings. The molecule has 1 aromatic heterocycles. The van der Waals surface area contributed by atoms with Gasteiger partial charge in [-0.2, -0.15) is 0 Å². The SMILES string of the molecule is CC(=O)c1csc(N2C(=O)C3CC(C)CC3C2=O)n1. The number of carbonyl (C=O) groups is 3. The van der Waals surface area contributed by atoms with Gasteiger partial charge in [-0.05, 0) is 18.8 Å². The van der Waals surface area contributed by atoms with Crippen LogP contribution in [-0.4, -0.2) is 22.6 Å². The Balaban J connectivity index is 1.92. The molecular weight excluding hydrogens is 264 g/mol. The summed E-state index contributed by atoms with van der Waals surface area (Å²) in [7, 11) is 0. The van der Waals surface area contributed by atoms with Crippen LogP contribution in [0.1, 0.15) is 37.2 Å². The molecule has 2 heterocycles. The smallest absolute Gasteiger partial charge is 0.239 e. The van der Waals surface area contributed by atoms with Gasteiger partial charge in [0.2, 0.25) is 11.8 Å². The highest BCUT2D eigenvalue weighted by Crippen LogP contribution is 2.44. The molecule has 2 aliphatic rings. The van der Waals surface area contributed by atoms with Gasteiger partial charge in [0, 0.05) is 12.3 Å². The molecule has 2 unspecified atom stereocenters. The molecule has 0 N–H and O–H groups in total. The molecule has 1 aliphatic carbocycles. The first-order chi connectivity index (χ1) is 8.99. The summed E-state index contributed by atoms with van der Waals surface area (Å²) in [5.41, 5.74) is 0.311. The summed E-state index contributed by atoms with van der Waals surface area (Å²) in [5, 5.41) is 1.93. The van der Waals surface area contributed by atoms with E-state index in [1.807, 2.05) is 0 Å². The molecule has 2 amide bonds. The van der Waals surface area contributed by atoms with Crippen molar-refractivity contribution >= 4 is 34.1 Å². The van der Waals surface area contributed by atoms with E-state index in [0.29, 0.717) is 16.7 Å². The number of hydrogen-bond donors (Lipinski definition) is 0. The summed E-state index contributed by atoms with van der Waals surface area (Å²) >= 11 is 1.17. The monoisotopic (exact) mass is 278 g/mol. The van der Waals surface area contributed by atoms with Crippen molar-refractivity contribution in [3.05, 3.63) is 11.1 Å². The van der Waals surface area contributed by atoms with Crippen LogP contribution in [0.4, 0.5) is 5.13 Å². The van der Waals surface area contributed by atoms with Crippen molar-refractivity contribution in [2.45, 2.75) is 26.7 Å². The summed E-state index contributed by atoms with van der Waals surface area (Å²) in [6, 6.07) is 0. The standard InChI is InChI=1S/C13H14N2O3S/c1-6-3-8-9(4-6)12(18)15(11(8)17)13-14-10(5-19-13)7(2)16/h5-6,8-9H,3-4H2,1-2H3. The molecule has 0 radical (unpaired) electrons. The van der Waals surface area contributed by atoms with Crippen molar-refractivity contribution in [3.63, 3.8) is 0 Å². The number of nitrogens with zero attached hydrogens (tertiary/aromatic N) is 2. The Bertz CT molecular complexity index is 556. The third-order valence-corrected chi connectivity index (χ3v) is 4.74. The maximum absolute atomic E-state index is 12.3. The van der Waals surface area contributed by atoms with Gasteiger partial charge in [0.15, 0.2) is 10.9 Å². The third-order valence-electron chi connectivity index (χ3n) is 3.92. The fraction of sp³-hybridized carbons (Fsp3) is 0.538. The van der Waals surface area contributed by atoms with E-state index >= 15 is 0 Å². The molecule has 2 atom stereocenters. The minimum Gasteiger partial charge on any atom is -0.293 e. The first-order valence-electron chi connectivity index (χ1n) is 6.33. The number of imide groups is 1. The molecule has 100 valence electrons. The molecule has 19 heavy (non-hydrogen) atoms. The van der Waals surface area contributed by atoms with Crippen molar-refractivity contribution in [2.75, 3.05) is 4.90 Å². The first kappa shape index (κ1) is 12.5. The Labute approximate surface area is 114 Å². The lowest BCUT2D eigenvalue weighted by Gasteiger charge is -2.13. The molecule has 3 rings (SSSR count). The van der Waals surface area contributed by atoms with Crippen LogP contribution in [0.15, 0.2) is 5.38 Å². The summed E-state index contributed by atoms with van der Waals surface area (Å²) in [5.74, 6) is -0.406. The summed E-state index contributed by atoms with van der Waals surface area (Å²) in [6.07, 6.45) is 1.55. The van der Waals surface area contributed by atoms with E-state index in [-0.39, 0.29) is 29.4 Å². The van der Waals surface area contributed by atoms with E-state index in [0.717, 1.165) is 12.8 Å². The second-order valence-corrected chi connectivity index (χ2v) is 6.21. The van der Waals surface area contributed by atoms with Crippen LogP contribution in [0.25, 0.3) is 0 Å². The minimum absolute atomic E-state index is 0.149. The molecule has 1 saturated carbocycles. The van der Waals surface area contributed by atoms with Crippen molar-refractivity contribution in [3.8, 4) is 0 Å². The average molecular weight is 278 g/mol. The topological polar surface area (TPSA) is 67.3 Å². The number of amides is 2. The zero-order valence-electron chi connectivity index (χ0n) is 10.8. The minimum atomic E-state index is -0.188. The van der Waals surface area contributed by atoms with E-state index in [4.69, 9.17) is 0 Å². The Kier molecular flexibility index (Phi) is 2.78. The number of hydrogen-bond acceptors (Lipinski definition) is 5. The van der Waals surface area contributed by atoms with Crippen LogP contribution in [-0.2, 0) is 9.59 Å². The number of ketones is 1. The maximum atomic E-state index is 12.3. The van der Waals surface area contributed by atoms with E-state index in [1.165, 1.54) is 23.2 Å². The van der Waals surface area contributed by atoms with Gasteiger partial charge < -0.3 is 0 Å². The molecule has 0 bridgehead atoms. The molecular formula is C13H14N2O3S. The summed E-state index contributed by atoms with van der Waals surface area (Å²) in [6.45, 7) is 3.49. The van der Waals surface area contributed by atoms with Crippen LogP contribution in [0.3, 0.4) is 0 Å². The Morgan fingerprint density at radius 1 is 1.32 bits per heavy atom. The predicted molar refractivity (Wildman–Crippen MR) is 70.0 cm³/mol. The molecule has 0 aromatic carbocycles. The number of aromatic nitrogens is 1. The molecule has 1 aliphatic heterocycles. The third kappa shape index (κ3) is 1.82. The van der Waals surface area contributed by atoms with E-state index in [1.54, 1.807) is 5.38 Å². The molecule has 6 heteroatoms. The quantitative estimate of drug-likeness (QED) is 0.612. The van der Waals surface area contributed by atoms with Crippen molar-refractivity contribution in [2.24, 2.45) is 17.8 Å². The van der Waals surface area contributed by atoms with Crippen LogP contribution in [0, 0.1) is 17.8 Å². The van der Waals surface area contributed by atoms with Crippen molar-refractivity contribution in [1.29, 1.82) is 0 Å². The predicted octanol–water partition coefficient (Wildman–Crippen LogP) is 1.88. The number of anilines is 1. The summed E-state index contributed by atoms with van der Waals surface area (Å²) < 4.78 is 0. The summed E-state index contributed by atoms with van der Waals surface area (Å²) in [4.78, 5) is 41.1. The fourth-order valence-electron chi connectivity index (χ4n) is 3.00. The maximum Gasteiger partial charge on any atom is 0.239 e. The fourth-order valence-corrected chi connectivity index (χ4v) is 3.87. The van der Waals surface area contributed by atoms with E-state index in [9.17, 15) is 14.4 Å². The number of Topliss-reactive ketones (excluding diaryl/α,β-unsaturated/α-hetero) is 1. The molecule has 0 spiro atoms. The second kappa shape index (κ2) is 4.23. The lowest BCUT2D eigenvalue weighted by molar-refractivity contribution is -0.123. The highest BCUT2D eigenvalue weighted by molar-refractivity contribution is 7.14. The van der Waals surface area contributed by atoms with Crippen LogP contribution in [0.5, 0.6) is 0 Å². The lowest BCUT2D eigenvalue weighted by atomic mass is 10.00. The zero-order valence-corrected chi connectivity index (χ0v) is 11.6. The van der Waals surface area contributed by atoms with Gasteiger partial charge in [-0.15, -0.1) is 11.3 Å². The number of rotatable bonds is 2. The number of fused-ring (bicyclic) bond motifs is 1. The van der Waals surface area contributed by atoms with Crippen LogP contribution < -0.4 is 4.90 Å². The van der Waals surface area contributed by atoms with Crippen LogP contribution >= 0.6 is 11.3 Å². The number of carbonyl (C=O) groups excluding carboxylic acids is 3. The Morgan fingerprint density at radius 3 is 2.37 bits per heavy atom. The molecule has 5 nitrogen and oxygen atoms in total. The van der Waals surface area contributed by atoms with Gasteiger partial charge >= 0.3 is 0 Å². The Hall–Kier alpha value is -1.56. The lowest BCUT2D eigenvalue weighted by Crippen LogP contribution is -2.32. The largest absolute Gasteiger partial charge is 0.293 e. The highest BCUT2D eigenvalue weighted by atomic mass is 32.1. The van der Waals surface area contributed by atoms with E-state index < -0.39 is 0 Å². The van der Waals surface area contributed by atoms with Gasteiger partial charge in [0.1, 0.15) is 5.69 Å². The van der Waals surface area contributed by atoms with Gasteiger partial charge in [-0.3, -0.25) is 14.4 Å². The van der Waals surface area contributed by atoms with E-state index in [2.05, 4.69) is 11.9 Å². The highest BCUT2D eigenvalue weighted by Gasteiger charge is 2.53. The van der Waals surface area contributed by atoms with Crippen molar-refractivity contribution in [1.82, 2.24) is 4.98 Å². The van der Waals surface area contributed by atoms with Gasteiger partial charge in [-0.1, -0.05) is 6.92 Å². The van der Waals surface area contributed by atoms with Gasteiger partial charge in [0.05, 0.1) is 11.8 Å². The Morgan fingerprint density at radius 2 is 1.89 bits per heavy atom. The second-order valence-electron chi connectivity index (χ2n) is 5.37.